The van der Waals surface area contributed by atoms with Crippen LogP contribution in [0.2, 0.25) is 0 Å². The first-order valence-corrected chi connectivity index (χ1v) is 10.6. The van der Waals surface area contributed by atoms with Crippen LogP contribution in [0.4, 0.5) is 0 Å². The first-order chi connectivity index (χ1) is 13.4. The standard InChI is InChI=1S/C19H26N4O4S/c1-5-12(18(25)27-6-2)28-16-13-15(22(3)19(26)23(4)17(13)24)20-14(21-16)11-9-7-8-10-11/h11-12H,5-10H2,1-4H3/t12-/m0/s1. The molecule has 0 bridgehead atoms. The third kappa shape index (κ3) is 3.72. The molecular formula is C19H26N4O4S. The molecular weight excluding hydrogens is 380 g/mol. The molecule has 1 fully saturated rings. The second-order valence-corrected chi connectivity index (χ2v) is 8.23. The number of aryl methyl sites for hydroxylation is 1. The zero-order chi connectivity index (χ0) is 20.4. The number of rotatable bonds is 6. The van der Waals surface area contributed by atoms with Crippen LogP contribution in [0, 0.1) is 0 Å². The van der Waals surface area contributed by atoms with Gasteiger partial charge in [-0.05, 0) is 26.2 Å². The molecule has 0 saturated heterocycles. The fourth-order valence-corrected chi connectivity index (χ4v) is 4.61. The monoisotopic (exact) mass is 406 g/mol. The lowest BCUT2D eigenvalue weighted by molar-refractivity contribution is -0.142. The smallest absolute Gasteiger partial charge is 0.332 e. The molecule has 2 heterocycles. The number of hydrogen-bond acceptors (Lipinski definition) is 7. The van der Waals surface area contributed by atoms with Crippen LogP contribution < -0.4 is 11.2 Å². The topological polar surface area (TPSA) is 96.1 Å². The van der Waals surface area contributed by atoms with Gasteiger partial charge >= 0.3 is 11.7 Å². The van der Waals surface area contributed by atoms with Gasteiger partial charge in [0, 0.05) is 20.0 Å². The van der Waals surface area contributed by atoms with Crippen LogP contribution in [0.3, 0.4) is 0 Å². The summed E-state index contributed by atoms with van der Waals surface area (Å²) >= 11 is 1.22. The molecule has 0 N–H and O–H groups in total. The number of ether oxygens (including phenoxy) is 1. The van der Waals surface area contributed by atoms with Crippen LogP contribution in [0.15, 0.2) is 14.6 Å². The van der Waals surface area contributed by atoms with E-state index in [0.29, 0.717) is 29.5 Å². The zero-order valence-electron chi connectivity index (χ0n) is 16.7. The summed E-state index contributed by atoms with van der Waals surface area (Å²) in [4.78, 5) is 46.9. The van der Waals surface area contributed by atoms with Crippen molar-refractivity contribution in [2.75, 3.05) is 6.61 Å². The normalized spacial score (nSPS) is 15.9. The van der Waals surface area contributed by atoms with Crippen LogP contribution >= 0.6 is 11.8 Å². The van der Waals surface area contributed by atoms with Crippen molar-refractivity contribution in [2.24, 2.45) is 14.1 Å². The van der Waals surface area contributed by atoms with Gasteiger partial charge in [-0.2, -0.15) is 0 Å². The molecule has 9 heteroatoms. The van der Waals surface area contributed by atoms with E-state index in [1.165, 1.54) is 23.4 Å². The summed E-state index contributed by atoms with van der Waals surface area (Å²) in [5.74, 6) is 0.533. The molecule has 1 aliphatic rings. The van der Waals surface area contributed by atoms with Gasteiger partial charge in [0.2, 0.25) is 0 Å². The minimum absolute atomic E-state index is 0.214. The summed E-state index contributed by atoms with van der Waals surface area (Å²) in [6.45, 7) is 3.95. The fourth-order valence-electron chi connectivity index (χ4n) is 3.56. The second-order valence-electron chi connectivity index (χ2n) is 7.04. The van der Waals surface area contributed by atoms with E-state index >= 15 is 0 Å². The number of carbonyl (C=O) groups excluding carboxylic acids is 1. The zero-order valence-corrected chi connectivity index (χ0v) is 17.5. The van der Waals surface area contributed by atoms with Gasteiger partial charge in [-0.3, -0.25) is 18.7 Å². The van der Waals surface area contributed by atoms with Gasteiger partial charge in [-0.1, -0.05) is 31.5 Å². The quantitative estimate of drug-likeness (QED) is 0.412. The lowest BCUT2D eigenvalue weighted by Crippen LogP contribution is -2.38. The Morgan fingerprint density at radius 2 is 1.86 bits per heavy atom. The van der Waals surface area contributed by atoms with E-state index in [0.717, 1.165) is 30.3 Å². The number of carbonyl (C=O) groups is 1. The maximum atomic E-state index is 12.9. The van der Waals surface area contributed by atoms with Crippen molar-refractivity contribution in [3.63, 3.8) is 0 Å². The lowest BCUT2D eigenvalue weighted by Gasteiger charge is -2.17. The molecule has 1 saturated carbocycles. The van der Waals surface area contributed by atoms with Crippen molar-refractivity contribution in [2.45, 2.75) is 62.1 Å². The van der Waals surface area contributed by atoms with E-state index in [1.54, 1.807) is 14.0 Å². The van der Waals surface area contributed by atoms with Gasteiger partial charge in [0.05, 0.1) is 6.61 Å². The van der Waals surface area contributed by atoms with Crippen molar-refractivity contribution < 1.29 is 9.53 Å². The SMILES string of the molecule is CCOC(=O)[C@H](CC)Sc1nc(C2CCCC2)nc2c1c(=O)n(C)c(=O)n2C. The molecule has 0 amide bonds. The summed E-state index contributed by atoms with van der Waals surface area (Å²) in [7, 11) is 3.04. The highest BCUT2D eigenvalue weighted by Gasteiger charge is 2.27. The van der Waals surface area contributed by atoms with Gasteiger partial charge < -0.3 is 4.74 Å². The molecule has 2 aromatic rings. The van der Waals surface area contributed by atoms with Crippen LogP contribution in [-0.2, 0) is 23.6 Å². The summed E-state index contributed by atoms with van der Waals surface area (Å²) in [6.07, 6.45) is 4.75. The number of esters is 1. The molecule has 1 atom stereocenters. The van der Waals surface area contributed by atoms with Gasteiger partial charge in [0.15, 0.2) is 5.65 Å². The van der Waals surface area contributed by atoms with E-state index in [4.69, 9.17) is 9.72 Å². The largest absolute Gasteiger partial charge is 0.465 e. The molecule has 2 aromatic heterocycles. The molecule has 8 nitrogen and oxygen atoms in total. The maximum Gasteiger partial charge on any atom is 0.332 e. The van der Waals surface area contributed by atoms with Crippen molar-refractivity contribution >= 4 is 28.8 Å². The summed E-state index contributed by atoms with van der Waals surface area (Å²) in [6, 6.07) is 0. The molecule has 0 spiro atoms. The maximum absolute atomic E-state index is 12.9. The van der Waals surface area contributed by atoms with Crippen molar-refractivity contribution in [3.05, 3.63) is 26.7 Å². The summed E-state index contributed by atoms with van der Waals surface area (Å²) in [5, 5.41) is 0.249. The average molecular weight is 407 g/mol. The second kappa shape index (κ2) is 8.46. The molecule has 0 radical (unpaired) electrons. The summed E-state index contributed by atoms with van der Waals surface area (Å²) in [5.41, 5.74) is -0.551. The van der Waals surface area contributed by atoms with E-state index < -0.39 is 16.5 Å². The van der Waals surface area contributed by atoms with E-state index in [-0.39, 0.29) is 17.3 Å². The van der Waals surface area contributed by atoms with Crippen molar-refractivity contribution in [1.82, 2.24) is 19.1 Å². The first kappa shape index (κ1) is 20.6. The van der Waals surface area contributed by atoms with Crippen LogP contribution in [0.25, 0.3) is 11.0 Å². The Morgan fingerprint density at radius 1 is 1.18 bits per heavy atom. The minimum Gasteiger partial charge on any atom is -0.465 e. The molecule has 1 aliphatic carbocycles. The predicted molar refractivity (Wildman–Crippen MR) is 108 cm³/mol. The molecule has 0 aromatic carbocycles. The number of hydrogen-bond donors (Lipinski definition) is 0. The predicted octanol–water partition coefficient (Wildman–Crippen LogP) is 2.12. The average Bonchev–Trinajstić information content (AvgIpc) is 3.23. The van der Waals surface area contributed by atoms with Gasteiger partial charge in [0.25, 0.3) is 5.56 Å². The first-order valence-electron chi connectivity index (χ1n) is 9.69. The Balaban J connectivity index is 2.22. The van der Waals surface area contributed by atoms with Gasteiger partial charge in [-0.15, -0.1) is 0 Å². The lowest BCUT2D eigenvalue weighted by atomic mass is 10.1. The number of aromatic nitrogens is 4. The molecule has 0 unspecified atom stereocenters. The third-order valence-electron chi connectivity index (χ3n) is 5.18. The highest BCUT2D eigenvalue weighted by Crippen LogP contribution is 2.35. The molecule has 3 rings (SSSR count). The molecule has 28 heavy (non-hydrogen) atoms. The van der Waals surface area contributed by atoms with E-state index in [2.05, 4.69) is 4.98 Å². The van der Waals surface area contributed by atoms with Crippen molar-refractivity contribution in [3.8, 4) is 0 Å². The number of thioether (sulfide) groups is 1. The van der Waals surface area contributed by atoms with Crippen LogP contribution in [-0.4, -0.2) is 36.9 Å². The van der Waals surface area contributed by atoms with Crippen molar-refractivity contribution in [1.29, 1.82) is 0 Å². The minimum atomic E-state index is -0.476. The highest BCUT2D eigenvalue weighted by atomic mass is 32.2. The Labute approximate surface area is 167 Å². The van der Waals surface area contributed by atoms with Gasteiger partial charge in [0.1, 0.15) is 21.5 Å². The molecule has 0 aliphatic heterocycles. The third-order valence-corrected chi connectivity index (χ3v) is 6.51. The Hall–Kier alpha value is -2.16. The number of nitrogens with zero attached hydrogens (tertiary/aromatic N) is 4. The van der Waals surface area contributed by atoms with Gasteiger partial charge in [-0.25, -0.2) is 14.8 Å². The fraction of sp³-hybridized carbons (Fsp3) is 0.632. The van der Waals surface area contributed by atoms with Crippen LogP contribution in [0.5, 0.6) is 0 Å². The Bertz CT molecular complexity index is 1010. The number of fused-ring (bicyclic) bond motifs is 1. The Kier molecular flexibility index (Phi) is 6.22. The van der Waals surface area contributed by atoms with E-state index in [9.17, 15) is 14.4 Å². The Morgan fingerprint density at radius 3 is 2.46 bits per heavy atom. The van der Waals surface area contributed by atoms with E-state index in [1.807, 2.05) is 6.92 Å². The molecule has 152 valence electrons. The highest BCUT2D eigenvalue weighted by molar-refractivity contribution is 8.00. The summed E-state index contributed by atoms with van der Waals surface area (Å²) < 4.78 is 7.60. The van der Waals surface area contributed by atoms with Crippen LogP contribution in [0.1, 0.15) is 57.7 Å².